The Morgan fingerprint density at radius 2 is 1.68 bits per heavy atom. The Balaban J connectivity index is 2.32. The highest BCUT2D eigenvalue weighted by Crippen LogP contribution is 2.16. The minimum atomic E-state index is -3.64. The first-order chi connectivity index (χ1) is 8.99. The van der Waals surface area contributed by atoms with Crippen LogP contribution >= 0.6 is 15.9 Å². The van der Waals surface area contributed by atoms with Crippen molar-refractivity contribution in [3.05, 3.63) is 64.1 Å². The highest BCUT2D eigenvalue weighted by atomic mass is 79.9. The molecule has 0 bridgehead atoms. The van der Waals surface area contributed by atoms with Crippen molar-refractivity contribution in [3.63, 3.8) is 0 Å². The van der Waals surface area contributed by atoms with Crippen molar-refractivity contribution in [2.75, 3.05) is 0 Å². The van der Waals surface area contributed by atoms with Gasteiger partial charge in [0.05, 0.1) is 4.90 Å². The zero-order valence-electron chi connectivity index (χ0n) is 10.2. The molecule has 19 heavy (non-hydrogen) atoms. The standard InChI is InChI=1S/C14H12BrNO2S/c1-11-6-8-13(9-7-11)19(17,18)16-10-12-4-2-3-5-14(12)15/h2-10H,1H3/b16-10+. The molecule has 0 atom stereocenters. The molecule has 0 aliphatic heterocycles. The highest BCUT2D eigenvalue weighted by Gasteiger charge is 2.11. The summed E-state index contributed by atoms with van der Waals surface area (Å²) in [7, 11) is -3.64. The number of rotatable bonds is 3. The molecule has 0 unspecified atom stereocenters. The Kier molecular flexibility index (Phi) is 4.17. The number of hydrogen-bond donors (Lipinski definition) is 0. The molecular weight excluding hydrogens is 326 g/mol. The van der Waals surface area contributed by atoms with E-state index in [1.165, 1.54) is 6.21 Å². The van der Waals surface area contributed by atoms with Gasteiger partial charge in [-0.05, 0) is 25.1 Å². The minimum Gasteiger partial charge on any atom is -0.199 e. The van der Waals surface area contributed by atoms with Gasteiger partial charge < -0.3 is 0 Å². The highest BCUT2D eigenvalue weighted by molar-refractivity contribution is 9.10. The molecule has 0 N–H and O–H groups in total. The van der Waals surface area contributed by atoms with Crippen molar-refractivity contribution in [2.24, 2.45) is 4.40 Å². The predicted molar refractivity (Wildman–Crippen MR) is 80.1 cm³/mol. The van der Waals surface area contributed by atoms with Crippen LogP contribution in [-0.4, -0.2) is 14.6 Å². The van der Waals surface area contributed by atoms with Gasteiger partial charge in [-0.2, -0.15) is 12.8 Å². The van der Waals surface area contributed by atoms with Crippen molar-refractivity contribution in [1.29, 1.82) is 0 Å². The largest absolute Gasteiger partial charge is 0.282 e. The van der Waals surface area contributed by atoms with E-state index in [0.717, 1.165) is 15.6 Å². The maximum Gasteiger partial charge on any atom is 0.282 e. The summed E-state index contributed by atoms with van der Waals surface area (Å²) in [4.78, 5) is 0.196. The van der Waals surface area contributed by atoms with Gasteiger partial charge >= 0.3 is 0 Å². The number of aryl methyl sites for hydroxylation is 1. The molecule has 0 saturated carbocycles. The second kappa shape index (κ2) is 5.67. The summed E-state index contributed by atoms with van der Waals surface area (Å²) < 4.78 is 28.5. The molecule has 2 rings (SSSR count). The summed E-state index contributed by atoms with van der Waals surface area (Å²) >= 11 is 3.34. The predicted octanol–water partition coefficient (Wildman–Crippen LogP) is 3.57. The molecule has 5 heteroatoms. The fraction of sp³-hybridized carbons (Fsp3) is 0.0714. The molecule has 2 aromatic rings. The van der Waals surface area contributed by atoms with Gasteiger partial charge in [0, 0.05) is 16.3 Å². The summed E-state index contributed by atoms with van der Waals surface area (Å²) in [6, 6.07) is 13.9. The third-order valence-corrected chi connectivity index (χ3v) is 4.53. The Morgan fingerprint density at radius 3 is 2.32 bits per heavy atom. The lowest BCUT2D eigenvalue weighted by Crippen LogP contribution is -1.98. The Bertz CT molecular complexity index is 706. The zero-order chi connectivity index (χ0) is 13.9. The Labute approximate surface area is 121 Å². The van der Waals surface area contributed by atoms with Gasteiger partial charge in [-0.25, -0.2) is 0 Å². The molecule has 0 heterocycles. The van der Waals surface area contributed by atoms with E-state index < -0.39 is 10.0 Å². The average molecular weight is 338 g/mol. The van der Waals surface area contributed by atoms with Crippen LogP contribution < -0.4 is 0 Å². The zero-order valence-corrected chi connectivity index (χ0v) is 12.6. The molecule has 0 radical (unpaired) electrons. The fourth-order valence-corrected chi connectivity index (χ4v) is 2.72. The van der Waals surface area contributed by atoms with E-state index in [0.29, 0.717) is 0 Å². The van der Waals surface area contributed by atoms with Crippen LogP contribution in [0, 0.1) is 6.92 Å². The molecule has 0 aliphatic rings. The average Bonchev–Trinajstić information content (AvgIpc) is 2.38. The summed E-state index contributed by atoms with van der Waals surface area (Å²) in [5.74, 6) is 0. The quantitative estimate of drug-likeness (QED) is 0.804. The van der Waals surface area contributed by atoms with Crippen LogP contribution in [0.25, 0.3) is 0 Å². The smallest absolute Gasteiger partial charge is 0.199 e. The van der Waals surface area contributed by atoms with E-state index in [9.17, 15) is 8.42 Å². The monoisotopic (exact) mass is 337 g/mol. The first-order valence-electron chi connectivity index (χ1n) is 5.60. The normalized spacial score (nSPS) is 11.9. The molecule has 2 aromatic carbocycles. The fourth-order valence-electron chi connectivity index (χ4n) is 1.48. The number of benzene rings is 2. The van der Waals surface area contributed by atoms with Gasteiger partial charge in [0.2, 0.25) is 0 Å². The van der Waals surface area contributed by atoms with Gasteiger partial charge in [0.15, 0.2) is 0 Å². The van der Waals surface area contributed by atoms with Crippen LogP contribution in [0.2, 0.25) is 0 Å². The van der Waals surface area contributed by atoms with Crippen LogP contribution in [0.5, 0.6) is 0 Å². The van der Waals surface area contributed by atoms with Gasteiger partial charge in [-0.1, -0.05) is 51.8 Å². The van der Waals surface area contributed by atoms with Crippen molar-refractivity contribution >= 4 is 32.2 Å². The van der Waals surface area contributed by atoms with Gasteiger partial charge in [0.1, 0.15) is 0 Å². The molecule has 0 spiro atoms. The van der Waals surface area contributed by atoms with Crippen LogP contribution in [0.15, 0.2) is 62.3 Å². The van der Waals surface area contributed by atoms with Crippen LogP contribution in [-0.2, 0) is 10.0 Å². The summed E-state index contributed by atoms with van der Waals surface area (Å²) in [6.45, 7) is 1.90. The van der Waals surface area contributed by atoms with E-state index in [4.69, 9.17) is 0 Å². The molecule has 0 fully saturated rings. The van der Waals surface area contributed by atoms with Crippen molar-refractivity contribution in [1.82, 2.24) is 0 Å². The summed E-state index contributed by atoms with van der Waals surface area (Å²) in [5.41, 5.74) is 1.73. The SMILES string of the molecule is Cc1ccc(S(=O)(=O)/N=C/c2ccccc2Br)cc1. The van der Waals surface area contributed by atoms with Gasteiger partial charge in [-0.3, -0.25) is 0 Å². The van der Waals surface area contributed by atoms with Crippen molar-refractivity contribution < 1.29 is 8.42 Å². The molecule has 0 amide bonds. The minimum absolute atomic E-state index is 0.196. The van der Waals surface area contributed by atoms with Crippen LogP contribution in [0.4, 0.5) is 0 Å². The summed E-state index contributed by atoms with van der Waals surface area (Å²) in [5, 5.41) is 0. The molecule has 0 aromatic heterocycles. The Morgan fingerprint density at radius 1 is 1.05 bits per heavy atom. The molecule has 98 valence electrons. The third-order valence-electron chi connectivity index (χ3n) is 2.55. The van der Waals surface area contributed by atoms with E-state index in [-0.39, 0.29) is 4.90 Å². The topological polar surface area (TPSA) is 46.5 Å². The van der Waals surface area contributed by atoms with Crippen LogP contribution in [0.1, 0.15) is 11.1 Å². The van der Waals surface area contributed by atoms with E-state index in [1.807, 2.05) is 25.1 Å². The molecule has 0 aliphatic carbocycles. The maximum absolute atomic E-state index is 12.0. The number of hydrogen-bond acceptors (Lipinski definition) is 2. The first-order valence-corrected chi connectivity index (χ1v) is 7.84. The first kappa shape index (κ1) is 14.0. The lowest BCUT2D eigenvalue weighted by atomic mass is 10.2. The molecular formula is C14H12BrNO2S. The number of sulfonamides is 1. The number of halogens is 1. The Hall–Kier alpha value is -1.46. The van der Waals surface area contributed by atoms with Crippen molar-refractivity contribution in [3.8, 4) is 0 Å². The lowest BCUT2D eigenvalue weighted by Gasteiger charge is -2.00. The summed E-state index contributed by atoms with van der Waals surface area (Å²) in [6.07, 6.45) is 1.35. The lowest BCUT2D eigenvalue weighted by molar-refractivity contribution is 0.598. The van der Waals surface area contributed by atoms with E-state index >= 15 is 0 Å². The van der Waals surface area contributed by atoms with Gasteiger partial charge in [-0.15, -0.1) is 0 Å². The van der Waals surface area contributed by atoms with E-state index in [2.05, 4.69) is 20.3 Å². The molecule has 0 saturated heterocycles. The van der Waals surface area contributed by atoms with Gasteiger partial charge in [0.25, 0.3) is 10.0 Å². The maximum atomic E-state index is 12.0. The number of nitrogens with zero attached hydrogens (tertiary/aromatic N) is 1. The van der Waals surface area contributed by atoms with Crippen molar-refractivity contribution in [2.45, 2.75) is 11.8 Å². The second-order valence-corrected chi connectivity index (χ2v) is 6.53. The van der Waals surface area contributed by atoms with E-state index in [1.54, 1.807) is 30.3 Å². The molecule has 3 nitrogen and oxygen atoms in total. The third kappa shape index (κ3) is 3.52. The van der Waals surface area contributed by atoms with Crippen LogP contribution in [0.3, 0.4) is 0 Å². The second-order valence-electron chi connectivity index (χ2n) is 4.04.